The molecule has 0 radical (unpaired) electrons. The summed E-state index contributed by atoms with van der Waals surface area (Å²) in [7, 11) is 1.61. The Morgan fingerprint density at radius 2 is 2.05 bits per heavy atom. The highest BCUT2D eigenvalue weighted by Gasteiger charge is 2.22. The van der Waals surface area contributed by atoms with Gasteiger partial charge in [0.2, 0.25) is 0 Å². The summed E-state index contributed by atoms with van der Waals surface area (Å²) in [6.45, 7) is 5.46. The Bertz CT molecular complexity index is 548. The Hall–Kier alpha value is -2.11. The van der Waals surface area contributed by atoms with Crippen molar-refractivity contribution in [1.82, 2.24) is 9.47 Å². The predicted molar refractivity (Wildman–Crippen MR) is 74.5 cm³/mol. The molecule has 1 aromatic rings. The van der Waals surface area contributed by atoms with E-state index in [1.165, 1.54) is 21.7 Å². The number of carbonyl (C=O) groups is 2. The lowest BCUT2D eigenvalue weighted by molar-refractivity contribution is -0.144. The Balaban J connectivity index is 2.96. The van der Waals surface area contributed by atoms with Gasteiger partial charge in [0.05, 0.1) is 6.61 Å². The molecule has 0 aliphatic carbocycles. The fraction of sp³-hybridized carbons (Fsp3) is 0.500. The summed E-state index contributed by atoms with van der Waals surface area (Å²) >= 11 is 0. The van der Waals surface area contributed by atoms with Gasteiger partial charge in [-0.1, -0.05) is 0 Å². The summed E-state index contributed by atoms with van der Waals surface area (Å²) in [5.74, 6) is -0.816. The summed E-state index contributed by atoms with van der Waals surface area (Å²) in [5.41, 5.74) is 0.00166. The van der Waals surface area contributed by atoms with E-state index in [4.69, 9.17) is 4.74 Å². The van der Waals surface area contributed by atoms with Crippen LogP contribution in [0.5, 0.6) is 0 Å². The Labute approximate surface area is 118 Å². The molecule has 0 fully saturated rings. The lowest BCUT2D eigenvalue weighted by atomic mass is 10.2. The first kappa shape index (κ1) is 15.9. The molecule has 6 nitrogen and oxygen atoms in total. The zero-order valence-electron chi connectivity index (χ0n) is 12.3. The van der Waals surface area contributed by atoms with Crippen molar-refractivity contribution in [2.24, 2.45) is 7.05 Å². The van der Waals surface area contributed by atoms with Gasteiger partial charge >= 0.3 is 5.97 Å². The highest BCUT2D eigenvalue weighted by Crippen LogP contribution is 2.07. The normalized spacial score (nSPS) is 10.4. The fourth-order valence-electron chi connectivity index (χ4n) is 1.68. The molecule has 0 aliphatic rings. The number of pyridine rings is 1. The molecule has 1 aromatic heterocycles. The van der Waals surface area contributed by atoms with E-state index in [-0.39, 0.29) is 36.2 Å². The zero-order chi connectivity index (χ0) is 15.3. The van der Waals surface area contributed by atoms with Gasteiger partial charge in [-0.25, -0.2) is 0 Å². The van der Waals surface area contributed by atoms with E-state index in [1.807, 2.05) is 0 Å². The molecule has 0 N–H and O–H groups in total. The summed E-state index contributed by atoms with van der Waals surface area (Å²) in [6, 6.07) is 2.66. The Morgan fingerprint density at radius 3 is 2.55 bits per heavy atom. The Morgan fingerprint density at radius 1 is 1.40 bits per heavy atom. The number of nitrogens with zero attached hydrogens (tertiary/aromatic N) is 2. The lowest BCUT2D eigenvalue weighted by Gasteiger charge is -2.25. The van der Waals surface area contributed by atoms with Gasteiger partial charge < -0.3 is 14.2 Å². The van der Waals surface area contributed by atoms with Crippen LogP contribution in [0.1, 0.15) is 31.1 Å². The van der Waals surface area contributed by atoms with E-state index in [0.29, 0.717) is 0 Å². The first-order chi connectivity index (χ1) is 9.36. The molecule has 0 spiro atoms. The molecular weight excluding hydrogens is 260 g/mol. The Kier molecular flexibility index (Phi) is 5.49. The van der Waals surface area contributed by atoms with Crippen LogP contribution >= 0.6 is 0 Å². The number of aryl methyl sites for hydroxylation is 1. The molecule has 0 unspecified atom stereocenters. The van der Waals surface area contributed by atoms with Crippen LogP contribution in [0.2, 0.25) is 0 Å². The van der Waals surface area contributed by atoms with Gasteiger partial charge in [-0.15, -0.1) is 0 Å². The molecule has 1 amide bonds. The van der Waals surface area contributed by atoms with E-state index in [1.54, 1.807) is 33.9 Å². The van der Waals surface area contributed by atoms with Gasteiger partial charge in [0, 0.05) is 30.9 Å². The molecule has 20 heavy (non-hydrogen) atoms. The minimum Gasteiger partial charge on any atom is -0.465 e. The van der Waals surface area contributed by atoms with Crippen molar-refractivity contribution in [2.75, 3.05) is 13.2 Å². The third-order valence-corrected chi connectivity index (χ3v) is 2.84. The SMILES string of the molecule is CCOC(=O)CN(C(=O)c1ccn(C)c(=O)c1)C(C)C. The third-order valence-electron chi connectivity index (χ3n) is 2.84. The van der Waals surface area contributed by atoms with Crippen LogP contribution in [-0.2, 0) is 16.6 Å². The summed E-state index contributed by atoms with van der Waals surface area (Å²) in [6.07, 6.45) is 1.53. The smallest absolute Gasteiger partial charge is 0.325 e. The molecule has 6 heteroatoms. The maximum atomic E-state index is 12.4. The number of hydrogen-bond acceptors (Lipinski definition) is 4. The number of hydrogen-bond donors (Lipinski definition) is 0. The van der Waals surface area contributed by atoms with Gasteiger partial charge in [-0.05, 0) is 26.8 Å². The first-order valence-electron chi connectivity index (χ1n) is 6.50. The van der Waals surface area contributed by atoms with Gasteiger partial charge in [0.15, 0.2) is 0 Å². The maximum Gasteiger partial charge on any atom is 0.325 e. The van der Waals surface area contributed by atoms with E-state index in [2.05, 4.69) is 0 Å². The molecular formula is C14H20N2O4. The molecule has 0 saturated carbocycles. The van der Waals surface area contributed by atoms with Crippen LogP contribution in [0.4, 0.5) is 0 Å². The van der Waals surface area contributed by atoms with Crippen molar-refractivity contribution in [3.8, 4) is 0 Å². The monoisotopic (exact) mass is 280 g/mol. The first-order valence-corrected chi connectivity index (χ1v) is 6.50. The van der Waals surface area contributed by atoms with Gasteiger partial charge in [0.1, 0.15) is 6.54 Å². The number of esters is 1. The number of rotatable bonds is 5. The van der Waals surface area contributed by atoms with Crippen molar-refractivity contribution in [3.05, 3.63) is 34.2 Å². The van der Waals surface area contributed by atoms with Crippen LogP contribution in [0.15, 0.2) is 23.1 Å². The average molecular weight is 280 g/mol. The van der Waals surface area contributed by atoms with Crippen LogP contribution in [0.25, 0.3) is 0 Å². The van der Waals surface area contributed by atoms with Crippen molar-refractivity contribution in [1.29, 1.82) is 0 Å². The van der Waals surface area contributed by atoms with E-state index < -0.39 is 5.97 Å². The largest absolute Gasteiger partial charge is 0.465 e. The van der Waals surface area contributed by atoms with Gasteiger partial charge in [-0.2, -0.15) is 0 Å². The third kappa shape index (κ3) is 3.94. The highest BCUT2D eigenvalue weighted by molar-refractivity contribution is 5.96. The summed E-state index contributed by atoms with van der Waals surface area (Å²) in [4.78, 5) is 36.8. The van der Waals surface area contributed by atoms with Crippen LogP contribution in [0.3, 0.4) is 0 Å². The summed E-state index contributed by atoms with van der Waals surface area (Å²) in [5, 5.41) is 0. The van der Waals surface area contributed by atoms with E-state index >= 15 is 0 Å². The second-order valence-electron chi connectivity index (χ2n) is 4.70. The molecule has 0 atom stereocenters. The zero-order valence-corrected chi connectivity index (χ0v) is 12.3. The molecule has 1 rings (SSSR count). The number of aromatic nitrogens is 1. The van der Waals surface area contributed by atoms with E-state index in [0.717, 1.165) is 0 Å². The molecule has 0 aromatic carbocycles. The quantitative estimate of drug-likeness (QED) is 0.748. The van der Waals surface area contributed by atoms with Crippen molar-refractivity contribution in [2.45, 2.75) is 26.8 Å². The average Bonchev–Trinajstić information content (AvgIpc) is 2.38. The minimum atomic E-state index is -0.460. The van der Waals surface area contributed by atoms with Gasteiger partial charge in [0.25, 0.3) is 11.5 Å². The van der Waals surface area contributed by atoms with Crippen LogP contribution < -0.4 is 5.56 Å². The summed E-state index contributed by atoms with van der Waals surface area (Å²) < 4.78 is 6.23. The molecule has 0 saturated heterocycles. The molecule has 110 valence electrons. The maximum absolute atomic E-state index is 12.4. The number of amides is 1. The van der Waals surface area contributed by atoms with E-state index in [9.17, 15) is 14.4 Å². The number of carbonyl (C=O) groups excluding carboxylic acids is 2. The predicted octanol–water partition coefficient (Wildman–Crippen LogP) is 0.799. The van der Waals surface area contributed by atoms with Crippen molar-refractivity contribution in [3.63, 3.8) is 0 Å². The molecule has 0 aliphatic heterocycles. The van der Waals surface area contributed by atoms with Gasteiger partial charge in [-0.3, -0.25) is 14.4 Å². The molecule has 1 heterocycles. The molecule has 0 bridgehead atoms. The lowest BCUT2D eigenvalue weighted by Crippen LogP contribution is -2.41. The van der Waals surface area contributed by atoms with Crippen molar-refractivity contribution < 1.29 is 14.3 Å². The standard InChI is InChI=1S/C14H20N2O4/c1-5-20-13(18)9-16(10(2)3)14(19)11-6-7-15(4)12(17)8-11/h6-8,10H,5,9H2,1-4H3. The second kappa shape index (κ2) is 6.88. The fourth-order valence-corrected chi connectivity index (χ4v) is 1.68. The van der Waals surface area contributed by atoms with Crippen LogP contribution in [0, 0.1) is 0 Å². The van der Waals surface area contributed by atoms with Crippen molar-refractivity contribution >= 4 is 11.9 Å². The minimum absolute atomic E-state index is 0.125. The topological polar surface area (TPSA) is 68.6 Å². The second-order valence-corrected chi connectivity index (χ2v) is 4.70. The number of ether oxygens (including phenoxy) is 1. The highest BCUT2D eigenvalue weighted by atomic mass is 16.5. The van der Waals surface area contributed by atoms with Crippen LogP contribution in [-0.4, -0.2) is 40.5 Å².